The van der Waals surface area contributed by atoms with Crippen molar-refractivity contribution in [3.8, 4) is 11.8 Å². The number of hydrogen-bond donors (Lipinski definition) is 1. The first-order chi connectivity index (χ1) is 12.6. The number of aromatic nitrogens is 1. The van der Waals surface area contributed by atoms with Crippen LogP contribution >= 0.6 is 0 Å². The van der Waals surface area contributed by atoms with Crippen LogP contribution in [0.1, 0.15) is 16.1 Å². The van der Waals surface area contributed by atoms with Crippen LogP contribution < -0.4 is 4.74 Å². The number of aromatic amines is 1. The maximum atomic E-state index is 12.5. The van der Waals surface area contributed by atoms with Crippen LogP contribution in [-0.2, 0) is 6.61 Å². The predicted octanol–water partition coefficient (Wildman–Crippen LogP) is 3.90. The summed E-state index contributed by atoms with van der Waals surface area (Å²) >= 11 is 0. The van der Waals surface area contributed by atoms with Crippen LogP contribution in [0.15, 0.2) is 66.4 Å². The molecule has 26 heavy (non-hydrogen) atoms. The van der Waals surface area contributed by atoms with Crippen LogP contribution in [0.3, 0.4) is 0 Å². The lowest BCUT2D eigenvalue weighted by Crippen LogP contribution is -2.09. The van der Waals surface area contributed by atoms with Crippen molar-refractivity contribution >= 4 is 16.7 Å². The van der Waals surface area contributed by atoms with Crippen LogP contribution in [0.5, 0.6) is 5.75 Å². The van der Waals surface area contributed by atoms with E-state index in [2.05, 4.69) is 4.98 Å². The third-order valence-electron chi connectivity index (χ3n) is 3.84. The summed E-state index contributed by atoms with van der Waals surface area (Å²) in [5.41, 5.74) is 2.35. The summed E-state index contributed by atoms with van der Waals surface area (Å²) in [6.07, 6.45) is 1.52. The molecule has 2 aromatic carbocycles. The van der Waals surface area contributed by atoms with E-state index in [-0.39, 0.29) is 11.4 Å². The molecule has 3 aromatic rings. The average Bonchev–Trinajstić information content (AvgIpc) is 3.08. The largest absolute Gasteiger partial charge is 0.489 e. The molecule has 0 bridgehead atoms. The summed E-state index contributed by atoms with van der Waals surface area (Å²) in [7, 11) is 3.54. The molecule has 0 saturated carbocycles. The molecule has 1 N–H and O–H groups in total. The number of carbonyl (C=O) groups is 1. The molecule has 0 amide bonds. The second-order valence-corrected chi connectivity index (χ2v) is 6.15. The van der Waals surface area contributed by atoms with Crippen molar-refractivity contribution in [1.29, 1.82) is 5.26 Å². The molecule has 1 heterocycles. The van der Waals surface area contributed by atoms with Crippen molar-refractivity contribution in [2.24, 2.45) is 0 Å². The van der Waals surface area contributed by atoms with Gasteiger partial charge in [0.2, 0.25) is 5.78 Å². The molecule has 0 aliphatic carbocycles. The standard InChI is InChI=1S/C21H19N3O2/c1-24(2)13-17(12-22)21(25)20-10-16-8-9-18(11-19(16)23-20)26-14-15-6-4-3-5-7-15/h3-11,13,23H,14H2,1-2H3. The highest BCUT2D eigenvalue weighted by molar-refractivity contribution is 6.12. The minimum atomic E-state index is -0.329. The van der Waals surface area contributed by atoms with Gasteiger partial charge in [-0.2, -0.15) is 5.26 Å². The molecule has 0 aliphatic heterocycles. The quantitative estimate of drug-likeness (QED) is 0.418. The van der Waals surface area contributed by atoms with Gasteiger partial charge >= 0.3 is 0 Å². The van der Waals surface area contributed by atoms with E-state index in [9.17, 15) is 10.1 Å². The summed E-state index contributed by atoms with van der Waals surface area (Å²) in [5.74, 6) is 0.385. The fourth-order valence-electron chi connectivity index (χ4n) is 2.60. The van der Waals surface area contributed by atoms with Crippen LogP contribution in [0, 0.1) is 11.3 Å². The van der Waals surface area contributed by atoms with Gasteiger partial charge in [0.25, 0.3) is 0 Å². The van der Waals surface area contributed by atoms with Gasteiger partial charge in [0.1, 0.15) is 24.0 Å². The Balaban J connectivity index is 1.81. The maximum Gasteiger partial charge on any atom is 0.221 e. The zero-order valence-electron chi connectivity index (χ0n) is 14.7. The number of nitrogens with one attached hydrogen (secondary N) is 1. The topological polar surface area (TPSA) is 69.1 Å². The Morgan fingerprint density at radius 1 is 1.19 bits per heavy atom. The van der Waals surface area contributed by atoms with Crippen molar-refractivity contribution in [2.45, 2.75) is 6.61 Å². The Hall–Kier alpha value is -3.52. The molecular formula is C21H19N3O2. The van der Waals surface area contributed by atoms with Gasteiger partial charge in [-0.3, -0.25) is 4.79 Å². The normalized spacial score (nSPS) is 11.2. The molecule has 0 unspecified atom stereocenters. The third-order valence-corrected chi connectivity index (χ3v) is 3.84. The van der Waals surface area contributed by atoms with Gasteiger partial charge in [0.05, 0.1) is 5.69 Å². The fourth-order valence-corrected chi connectivity index (χ4v) is 2.60. The third kappa shape index (κ3) is 3.93. The fraction of sp³-hybridized carbons (Fsp3) is 0.143. The van der Waals surface area contributed by atoms with Crippen LogP contribution in [-0.4, -0.2) is 29.8 Å². The summed E-state index contributed by atoms with van der Waals surface area (Å²) < 4.78 is 5.82. The lowest BCUT2D eigenvalue weighted by atomic mass is 10.1. The zero-order chi connectivity index (χ0) is 18.5. The molecule has 5 nitrogen and oxygen atoms in total. The molecule has 3 rings (SSSR count). The van der Waals surface area contributed by atoms with Gasteiger partial charge in [-0.25, -0.2) is 0 Å². The van der Waals surface area contributed by atoms with Crippen molar-refractivity contribution in [1.82, 2.24) is 9.88 Å². The highest BCUT2D eigenvalue weighted by Crippen LogP contribution is 2.23. The van der Waals surface area contributed by atoms with Crippen molar-refractivity contribution < 1.29 is 9.53 Å². The number of nitrogens with zero attached hydrogens (tertiary/aromatic N) is 2. The second kappa shape index (κ2) is 7.58. The zero-order valence-corrected chi connectivity index (χ0v) is 14.7. The number of Topliss-reactive ketones (excluding diaryl/α,β-unsaturated/α-hetero) is 1. The van der Waals surface area contributed by atoms with Crippen molar-refractivity contribution in [3.05, 3.63) is 77.6 Å². The highest BCUT2D eigenvalue weighted by Gasteiger charge is 2.15. The molecule has 0 fully saturated rings. The number of allylic oxidation sites excluding steroid dienone is 1. The summed E-state index contributed by atoms with van der Waals surface area (Å²) in [6.45, 7) is 0.475. The minimum Gasteiger partial charge on any atom is -0.489 e. The Bertz CT molecular complexity index is 995. The lowest BCUT2D eigenvalue weighted by molar-refractivity contribution is 0.103. The number of hydrogen-bond acceptors (Lipinski definition) is 4. The number of fused-ring (bicyclic) bond motifs is 1. The number of benzene rings is 2. The van der Waals surface area contributed by atoms with E-state index < -0.39 is 0 Å². The van der Waals surface area contributed by atoms with Gasteiger partial charge < -0.3 is 14.6 Å². The van der Waals surface area contributed by atoms with Crippen LogP contribution in [0.2, 0.25) is 0 Å². The molecule has 0 aliphatic rings. The van der Waals surface area contributed by atoms with E-state index in [0.717, 1.165) is 16.5 Å². The average molecular weight is 345 g/mol. The number of carbonyl (C=O) groups excluding carboxylic acids is 1. The van der Waals surface area contributed by atoms with Gasteiger partial charge in [-0.1, -0.05) is 30.3 Å². The molecule has 1 aromatic heterocycles. The number of ketones is 1. The number of H-pyrrole nitrogens is 1. The molecule has 0 spiro atoms. The van der Waals surface area contributed by atoms with Crippen LogP contribution in [0.4, 0.5) is 0 Å². The van der Waals surface area contributed by atoms with Gasteiger partial charge in [-0.15, -0.1) is 0 Å². The van der Waals surface area contributed by atoms with E-state index in [1.807, 2.05) is 54.6 Å². The van der Waals surface area contributed by atoms with E-state index in [1.54, 1.807) is 25.1 Å². The van der Waals surface area contributed by atoms with E-state index >= 15 is 0 Å². The Labute approximate surface area is 152 Å². The summed E-state index contributed by atoms with van der Waals surface area (Å²) in [4.78, 5) is 17.3. The van der Waals surface area contributed by atoms with E-state index in [1.165, 1.54) is 6.20 Å². The molecular weight excluding hydrogens is 326 g/mol. The molecule has 0 radical (unpaired) electrons. The molecule has 0 saturated heterocycles. The molecule has 5 heteroatoms. The summed E-state index contributed by atoms with van der Waals surface area (Å²) in [5, 5.41) is 10.1. The summed E-state index contributed by atoms with van der Waals surface area (Å²) in [6, 6.07) is 19.2. The smallest absolute Gasteiger partial charge is 0.221 e. The predicted molar refractivity (Wildman–Crippen MR) is 101 cm³/mol. The number of nitriles is 1. The van der Waals surface area contributed by atoms with Crippen molar-refractivity contribution in [2.75, 3.05) is 14.1 Å². The maximum absolute atomic E-state index is 12.5. The first kappa shape index (κ1) is 17.3. The van der Waals surface area contributed by atoms with E-state index in [4.69, 9.17) is 4.74 Å². The monoisotopic (exact) mass is 345 g/mol. The molecule has 0 atom stereocenters. The first-order valence-corrected chi connectivity index (χ1v) is 8.19. The second-order valence-electron chi connectivity index (χ2n) is 6.15. The Morgan fingerprint density at radius 3 is 2.65 bits per heavy atom. The van der Waals surface area contributed by atoms with Gasteiger partial charge in [0, 0.05) is 37.3 Å². The SMILES string of the molecule is CN(C)C=C(C#N)C(=O)c1cc2ccc(OCc3ccccc3)cc2[nH]1. The Kier molecular flexibility index (Phi) is 5.04. The van der Waals surface area contributed by atoms with Crippen molar-refractivity contribution in [3.63, 3.8) is 0 Å². The number of ether oxygens (including phenoxy) is 1. The number of rotatable bonds is 6. The van der Waals surface area contributed by atoms with Gasteiger partial charge in [0.15, 0.2) is 0 Å². The minimum absolute atomic E-state index is 0.0853. The van der Waals surface area contributed by atoms with Crippen LogP contribution in [0.25, 0.3) is 10.9 Å². The first-order valence-electron chi connectivity index (χ1n) is 8.19. The van der Waals surface area contributed by atoms with Gasteiger partial charge in [-0.05, 0) is 23.8 Å². The molecule has 130 valence electrons. The Morgan fingerprint density at radius 2 is 1.96 bits per heavy atom. The van der Waals surface area contributed by atoms with E-state index in [0.29, 0.717) is 18.1 Å². The highest BCUT2D eigenvalue weighted by atomic mass is 16.5. The lowest BCUT2D eigenvalue weighted by Gasteiger charge is -2.06.